The quantitative estimate of drug-likeness (QED) is 0.162. The Hall–Kier alpha value is -7.22. The first kappa shape index (κ1) is 31.3. The Morgan fingerprint density at radius 3 is 1.38 bits per heavy atom. The second-order valence-electron chi connectivity index (χ2n) is 14.4. The number of rotatable bonds is 5. The number of hydrogen-bond acceptors (Lipinski definition) is 1. The molecule has 11 aromatic carbocycles. The summed E-state index contributed by atoms with van der Waals surface area (Å²) in [6.07, 6.45) is 0. The Bertz CT molecular complexity index is 3250. The predicted octanol–water partition coefficient (Wildman–Crippen LogP) is 15.4. The third kappa shape index (κ3) is 5.01. The second-order valence-corrected chi connectivity index (χ2v) is 14.4. The summed E-state index contributed by atoms with van der Waals surface area (Å²) >= 11 is 0. The zero-order valence-electron chi connectivity index (χ0n) is 30.2. The number of anilines is 3. The molecule has 0 radical (unpaired) electrons. The van der Waals surface area contributed by atoms with Gasteiger partial charge in [-0.05, 0) is 100 Å². The lowest BCUT2D eigenvalue weighted by molar-refractivity contribution is 1.32. The van der Waals surface area contributed by atoms with Crippen LogP contribution in [0.3, 0.4) is 0 Å². The lowest BCUT2D eigenvalue weighted by Crippen LogP contribution is -2.11. The van der Waals surface area contributed by atoms with Crippen molar-refractivity contribution in [2.75, 3.05) is 4.90 Å². The Labute approximate surface area is 320 Å². The van der Waals surface area contributed by atoms with Gasteiger partial charge in [0.2, 0.25) is 0 Å². The average Bonchev–Trinajstić information content (AvgIpc) is 3.26. The largest absolute Gasteiger partial charge is 0.309 e. The van der Waals surface area contributed by atoms with E-state index in [2.05, 4.69) is 217 Å². The van der Waals surface area contributed by atoms with Gasteiger partial charge in [-0.3, -0.25) is 0 Å². The average molecular weight is 698 g/mol. The molecule has 0 heterocycles. The third-order valence-electron chi connectivity index (χ3n) is 11.4. The summed E-state index contributed by atoms with van der Waals surface area (Å²) in [7, 11) is 0. The monoisotopic (exact) mass is 697 g/mol. The minimum Gasteiger partial charge on any atom is -0.309 e. The molecular weight excluding hydrogens is 663 g/mol. The van der Waals surface area contributed by atoms with Crippen molar-refractivity contribution in [3.05, 3.63) is 212 Å². The van der Waals surface area contributed by atoms with Crippen LogP contribution in [0.4, 0.5) is 17.1 Å². The molecule has 0 aromatic heterocycles. The zero-order chi connectivity index (χ0) is 36.3. The van der Waals surface area contributed by atoms with Crippen LogP contribution in [0.15, 0.2) is 212 Å². The van der Waals surface area contributed by atoms with Crippen molar-refractivity contribution in [3.63, 3.8) is 0 Å². The van der Waals surface area contributed by atoms with Crippen molar-refractivity contribution in [2.45, 2.75) is 0 Å². The first-order valence-electron chi connectivity index (χ1n) is 19.0. The summed E-state index contributed by atoms with van der Waals surface area (Å²) in [6, 6.07) is 78.0. The molecule has 0 fully saturated rings. The lowest BCUT2D eigenvalue weighted by atomic mass is 9.85. The molecule has 0 aliphatic rings. The van der Waals surface area contributed by atoms with Gasteiger partial charge in [0, 0.05) is 16.5 Å². The molecule has 0 saturated carbocycles. The van der Waals surface area contributed by atoms with Crippen molar-refractivity contribution in [1.29, 1.82) is 0 Å². The molecule has 0 amide bonds. The van der Waals surface area contributed by atoms with E-state index in [4.69, 9.17) is 0 Å². The van der Waals surface area contributed by atoms with Crippen molar-refractivity contribution in [2.24, 2.45) is 0 Å². The molecule has 55 heavy (non-hydrogen) atoms. The second kappa shape index (κ2) is 12.7. The normalized spacial score (nSPS) is 11.6. The van der Waals surface area contributed by atoms with Crippen LogP contribution in [-0.4, -0.2) is 0 Å². The van der Waals surface area contributed by atoms with Crippen LogP contribution in [0.2, 0.25) is 0 Å². The highest BCUT2D eigenvalue weighted by atomic mass is 15.1. The zero-order valence-corrected chi connectivity index (χ0v) is 30.2. The van der Waals surface area contributed by atoms with Crippen molar-refractivity contribution >= 4 is 81.7 Å². The Morgan fingerprint density at radius 1 is 0.236 bits per heavy atom. The lowest BCUT2D eigenvalue weighted by Gasteiger charge is -2.30. The first-order valence-corrected chi connectivity index (χ1v) is 19.0. The van der Waals surface area contributed by atoms with E-state index in [-0.39, 0.29) is 0 Å². The fraction of sp³-hybridized carbons (Fsp3) is 0. The maximum atomic E-state index is 2.51. The van der Waals surface area contributed by atoms with Crippen molar-refractivity contribution in [3.8, 4) is 22.3 Å². The predicted molar refractivity (Wildman–Crippen MR) is 237 cm³/mol. The molecule has 0 atom stereocenters. The molecule has 256 valence electrons. The fourth-order valence-corrected chi connectivity index (χ4v) is 8.97. The molecule has 1 heteroatoms. The summed E-state index contributed by atoms with van der Waals surface area (Å²) in [6.45, 7) is 0. The van der Waals surface area contributed by atoms with Crippen LogP contribution in [-0.2, 0) is 0 Å². The maximum absolute atomic E-state index is 2.51. The molecule has 0 unspecified atom stereocenters. The Kier molecular flexibility index (Phi) is 7.25. The molecule has 11 rings (SSSR count). The van der Waals surface area contributed by atoms with Crippen LogP contribution in [0.5, 0.6) is 0 Å². The van der Waals surface area contributed by atoms with Crippen molar-refractivity contribution < 1.29 is 0 Å². The molecule has 11 aromatic rings. The summed E-state index contributed by atoms with van der Waals surface area (Å²) in [5, 5.41) is 14.9. The van der Waals surface area contributed by atoms with Crippen LogP contribution in [0.1, 0.15) is 0 Å². The van der Waals surface area contributed by atoms with Gasteiger partial charge in [-0.25, -0.2) is 0 Å². The van der Waals surface area contributed by atoms with Crippen molar-refractivity contribution in [1.82, 2.24) is 0 Å². The van der Waals surface area contributed by atoms with Gasteiger partial charge in [0.25, 0.3) is 0 Å². The maximum Gasteiger partial charge on any atom is 0.0546 e. The van der Waals surface area contributed by atoms with Gasteiger partial charge < -0.3 is 4.90 Å². The Morgan fingerprint density at radius 2 is 0.691 bits per heavy atom. The third-order valence-corrected chi connectivity index (χ3v) is 11.4. The molecule has 0 bridgehead atoms. The highest BCUT2D eigenvalue weighted by molar-refractivity contribution is 6.23. The van der Waals surface area contributed by atoms with E-state index in [1.807, 2.05) is 0 Å². The summed E-state index contributed by atoms with van der Waals surface area (Å²) in [5.74, 6) is 0. The van der Waals surface area contributed by atoms with Gasteiger partial charge >= 0.3 is 0 Å². The van der Waals surface area contributed by atoms with Gasteiger partial charge in [-0.2, -0.15) is 0 Å². The number of benzene rings is 11. The van der Waals surface area contributed by atoms with E-state index in [0.717, 1.165) is 17.1 Å². The van der Waals surface area contributed by atoms with Gasteiger partial charge in [-0.1, -0.05) is 188 Å². The van der Waals surface area contributed by atoms with Gasteiger partial charge in [-0.15, -0.1) is 0 Å². The van der Waals surface area contributed by atoms with Crippen LogP contribution in [0.25, 0.3) is 86.9 Å². The van der Waals surface area contributed by atoms with Gasteiger partial charge in [0.05, 0.1) is 11.4 Å². The topological polar surface area (TPSA) is 3.24 Å². The molecule has 0 aliphatic heterocycles. The summed E-state index contributed by atoms with van der Waals surface area (Å²) in [5.41, 5.74) is 8.32. The minimum absolute atomic E-state index is 1.11. The molecule has 0 spiro atoms. The minimum atomic E-state index is 1.11. The van der Waals surface area contributed by atoms with E-state index >= 15 is 0 Å². The number of nitrogens with zero attached hydrogens (tertiary/aromatic N) is 1. The standard InChI is InChI=1S/C54H35N/c1-3-17-37(18-4-1)53-49-27-14-12-25-45(49)46-33-31-40(35-50(46)54(53)38-19-5-2-6-20-38)55(51-29-15-28-44-41-22-9-7-16-36(41)30-32-48(44)51)52-34-39-21-8-10-23-42(39)43-24-11-13-26-47(43)52/h1-35H. The molecule has 0 aliphatic carbocycles. The van der Waals surface area contributed by atoms with Crippen LogP contribution < -0.4 is 4.90 Å². The molecular formula is C54H35N. The van der Waals surface area contributed by atoms with E-state index in [0.29, 0.717) is 0 Å². The number of fused-ring (bicyclic) bond motifs is 9. The SMILES string of the molecule is c1ccc(-c2c(-c3ccccc3)c3cc(N(c4cccc5c4ccc4ccccc45)c4cc5ccccc5c5ccccc45)ccc3c3ccccc23)cc1. The molecule has 1 nitrogen and oxygen atoms in total. The smallest absolute Gasteiger partial charge is 0.0546 e. The highest BCUT2D eigenvalue weighted by Gasteiger charge is 2.23. The summed E-state index contributed by atoms with van der Waals surface area (Å²) < 4.78 is 0. The summed E-state index contributed by atoms with van der Waals surface area (Å²) in [4.78, 5) is 2.51. The first-order chi connectivity index (χ1) is 27.3. The highest BCUT2D eigenvalue weighted by Crippen LogP contribution is 2.49. The fourth-order valence-electron chi connectivity index (χ4n) is 8.97. The van der Waals surface area contributed by atoms with Crippen LogP contribution in [0, 0.1) is 0 Å². The van der Waals surface area contributed by atoms with E-state index in [1.165, 1.54) is 86.9 Å². The van der Waals surface area contributed by atoms with E-state index < -0.39 is 0 Å². The molecule has 0 saturated heterocycles. The van der Waals surface area contributed by atoms with Gasteiger partial charge in [0.15, 0.2) is 0 Å². The molecule has 0 N–H and O–H groups in total. The van der Waals surface area contributed by atoms with Gasteiger partial charge in [0.1, 0.15) is 0 Å². The van der Waals surface area contributed by atoms with E-state index in [1.54, 1.807) is 0 Å². The number of hydrogen-bond donors (Lipinski definition) is 0. The van der Waals surface area contributed by atoms with Crippen LogP contribution >= 0.6 is 0 Å². The van der Waals surface area contributed by atoms with E-state index in [9.17, 15) is 0 Å². The Balaban J connectivity index is 1.30.